The minimum absolute atomic E-state index is 0.0985. The molecule has 0 aliphatic heterocycles. The van der Waals surface area contributed by atoms with Crippen molar-refractivity contribution in [2.24, 2.45) is 0 Å². The molecule has 0 aliphatic rings. The molecule has 0 unspecified atom stereocenters. The zero-order chi connectivity index (χ0) is 18.4. The van der Waals surface area contributed by atoms with Gasteiger partial charge in [-0.15, -0.1) is 0 Å². The van der Waals surface area contributed by atoms with Gasteiger partial charge < -0.3 is 14.8 Å². The zero-order valence-electron chi connectivity index (χ0n) is 13.8. The quantitative estimate of drug-likeness (QED) is 0.739. The molecule has 0 spiro atoms. The molecule has 132 valence electrons. The molecule has 1 N–H and O–H groups in total. The van der Waals surface area contributed by atoms with Crippen molar-refractivity contribution in [2.45, 2.75) is 13.3 Å². The van der Waals surface area contributed by atoms with E-state index in [1.807, 2.05) is 13.0 Å². The monoisotopic (exact) mass is 409 g/mol. The highest BCUT2D eigenvalue weighted by Gasteiger charge is 2.11. The van der Waals surface area contributed by atoms with E-state index in [1.165, 1.54) is 19.2 Å². The maximum Gasteiger partial charge on any atom is 0.310 e. The zero-order valence-corrected chi connectivity index (χ0v) is 15.4. The van der Waals surface area contributed by atoms with Crippen LogP contribution in [0.5, 0.6) is 5.75 Å². The molecule has 0 bridgehead atoms. The Morgan fingerprint density at radius 1 is 1.20 bits per heavy atom. The molecule has 2 aromatic rings. The van der Waals surface area contributed by atoms with Crippen LogP contribution in [0.25, 0.3) is 0 Å². The van der Waals surface area contributed by atoms with Crippen LogP contribution >= 0.6 is 15.9 Å². The van der Waals surface area contributed by atoms with Crippen molar-refractivity contribution < 1.29 is 23.5 Å². The topological polar surface area (TPSA) is 64.6 Å². The van der Waals surface area contributed by atoms with Gasteiger partial charge >= 0.3 is 5.97 Å². The number of amides is 1. The third kappa shape index (κ3) is 5.56. The normalized spacial score (nSPS) is 10.2. The van der Waals surface area contributed by atoms with Gasteiger partial charge in [0.05, 0.1) is 13.5 Å². The molecular weight excluding hydrogens is 393 g/mol. The number of esters is 1. The number of halogens is 2. The molecule has 1 amide bonds. The largest absolute Gasteiger partial charge is 0.494 e. The van der Waals surface area contributed by atoms with Crippen molar-refractivity contribution >= 4 is 33.5 Å². The Labute approximate surface area is 153 Å². The van der Waals surface area contributed by atoms with Gasteiger partial charge in [-0.25, -0.2) is 4.39 Å². The first-order valence-corrected chi connectivity index (χ1v) is 8.22. The first kappa shape index (κ1) is 18.9. The fourth-order valence-corrected chi connectivity index (χ4v) is 2.61. The molecule has 5 nitrogen and oxygen atoms in total. The number of anilines is 1. The lowest BCUT2D eigenvalue weighted by Gasteiger charge is -2.09. The smallest absolute Gasteiger partial charge is 0.310 e. The van der Waals surface area contributed by atoms with Crippen molar-refractivity contribution in [1.82, 2.24) is 0 Å². The molecular formula is C18H17BrFNO4. The predicted molar refractivity (Wildman–Crippen MR) is 95.1 cm³/mol. The van der Waals surface area contributed by atoms with Gasteiger partial charge in [0.2, 0.25) is 0 Å². The highest BCUT2D eigenvalue weighted by molar-refractivity contribution is 9.10. The van der Waals surface area contributed by atoms with E-state index in [0.717, 1.165) is 10.0 Å². The Balaban J connectivity index is 1.85. The van der Waals surface area contributed by atoms with Gasteiger partial charge in [0.15, 0.2) is 18.2 Å². The Kier molecular flexibility index (Phi) is 6.52. The molecule has 0 fully saturated rings. The number of methoxy groups -OCH3 is 1. The van der Waals surface area contributed by atoms with Crippen LogP contribution in [-0.2, 0) is 20.7 Å². The summed E-state index contributed by atoms with van der Waals surface area (Å²) in [6.45, 7) is 1.44. The SMILES string of the molecule is COc1ccc(CC(=O)OCC(=O)Nc2ccc(Br)cc2C)cc1F. The fraction of sp³-hybridized carbons (Fsp3) is 0.222. The minimum Gasteiger partial charge on any atom is -0.494 e. The Hall–Kier alpha value is -2.41. The average molecular weight is 410 g/mol. The van der Waals surface area contributed by atoms with Crippen LogP contribution in [-0.4, -0.2) is 25.6 Å². The van der Waals surface area contributed by atoms with E-state index in [9.17, 15) is 14.0 Å². The summed E-state index contributed by atoms with van der Waals surface area (Å²) < 4.78 is 24.2. The summed E-state index contributed by atoms with van der Waals surface area (Å²) in [6, 6.07) is 9.60. The van der Waals surface area contributed by atoms with E-state index < -0.39 is 24.3 Å². The second-order valence-electron chi connectivity index (χ2n) is 5.31. The molecule has 25 heavy (non-hydrogen) atoms. The molecule has 7 heteroatoms. The van der Waals surface area contributed by atoms with Gasteiger partial charge in [-0.3, -0.25) is 9.59 Å². The molecule has 0 saturated carbocycles. The lowest BCUT2D eigenvalue weighted by Crippen LogP contribution is -2.22. The number of rotatable bonds is 6. The summed E-state index contributed by atoms with van der Waals surface area (Å²) >= 11 is 3.34. The summed E-state index contributed by atoms with van der Waals surface area (Å²) in [7, 11) is 1.36. The third-order valence-corrected chi connectivity index (χ3v) is 3.88. The lowest BCUT2D eigenvalue weighted by molar-refractivity contribution is -0.146. The number of carbonyl (C=O) groups excluding carboxylic acids is 2. The maximum atomic E-state index is 13.6. The number of ether oxygens (including phenoxy) is 2. The van der Waals surface area contributed by atoms with Crippen LogP contribution in [0.3, 0.4) is 0 Å². The van der Waals surface area contributed by atoms with Crippen molar-refractivity contribution in [1.29, 1.82) is 0 Å². The number of carbonyl (C=O) groups is 2. The molecule has 0 heterocycles. The molecule has 2 rings (SSSR count). The van der Waals surface area contributed by atoms with Gasteiger partial charge in [0.1, 0.15) is 0 Å². The number of hydrogen-bond donors (Lipinski definition) is 1. The molecule has 2 aromatic carbocycles. The van der Waals surface area contributed by atoms with E-state index in [2.05, 4.69) is 21.2 Å². The third-order valence-electron chi connectivity index (χ3n) is 3.39. The lowest BCUT2D eigenvalue weighted by atomic mass is 10.1. The van der Waals surface area contributed by atoms with Crippen LogP contribution in [0.15, 0.2) is 40.9 Å². The molecule has 0 aromatic heterocycles. The first-order valence-electron chi connectivity index (χ1n) is 7.43. The van der Waals surface area contributed by atoms with Gasteiger partial charge in [-0.05, 0) is 48.4 Å². The summed E-state index contributed by atoms with van der Waals surface area (Å²) in [6.07, 6.45) is -0.133. The first-order chi connectivity index (χ1) is 11.9. The number of nitrogens with one attached hydrogen (secondary N) is 1. The predicted octanol–water partition coefficient (Wildman–Crippen LogP) is 3.63. The van der Waals surface area contributed by atoms with Crippen molar-refractivity contribution in [2.75, 3.05) is 19.0 Å². The van der Waals surface area contributed by atoms with Crippen molar-refractivity contribution in [3.05, 3.63) is 57.8 Å². The number of aryl methyl sites for hydroxylation is 1. The molecule has 0 atom stereocenters. The Morgan fingerprint density at radius 2 is 1.96 bits per heavy atom. The molecule has 0 saturated heterocycles. The van der Waals surface area contributed by atoms with E-state index in [0.29, 0.717) is 11.3 Å². The molecule has 0 radical (unpaired) electrons. The van der Waals surface area contributed by atoms with Gasteiger partial charge in [-0.1, -0.05) is 22.0 Å². The van der Waals surface area contributed by atoms with E-state index in [-0.39, 0.29) is 12.2 Å². The standard InChI is InChI=1S/C18H17BrFNO4/c1-11-7-13(19)4-5-15(11)21-17(22)10-25-18(23)9-12-3-6-16(24-2)14(20)8-12/h3-8H,9-10H2,1-2H3,(H,21,22). The van der Waals surface area contributed by atoms with Crippen LogP contribution in [0, 0.1) is 12.7 Å². The van der Waals surface area contributed by atoms with Gasteiger partial charge in [0, 0.05) is 10.2 Å². The van der Waals surface area contributed by atoms with Gasteiger partial charge in [-0.2, -0.15) is 0 Å². The van der Waals surface area contributed by atoms with Crippen molar-refractivity contribution in [3.8, 4) is 5.75 Å². The van der Waals surface area contributed by atoms with Crippen LogP contribution in [0.4, 0.5) is 10.1 Å². The second kappa shape index (κ2) is 8.62. The van der Waals surface area contributed by atoms with Crippen LogP contribution in [0.1, 0.15) is 11.1 Å². The highest BCUT2D eigenvalue weighted by Crippen LogP contribution is 2.20. The highest BCUT2D eigenvalue weighted by atomic mass is 79.9. The maximum absolute atomic E-state index is 13.6. The van der Waals surface area contributed by atoms with Crippen LogP contribution in [0.2, 0.25) is 0 Å². The van der Waals surface area contributed by atoms with Crippen LogP contribution < -0.4 is 10.1 Å². The van der Waals surface area contributed by atoms with E-state index >= 15 is 0 Å². The summed E-state index contributed by atoms with van der Waals surface area (Å²) in [5, 5.41) is 2.67. The summed E-state index contributed by atoms with van der Waals surface area (Å²) in [5.74, 6) is -1.52. The minimum atomic E-state index is -0.618. The number of benzene rings is 2. The second-order valence-corrected chi connectivity index (χ2v) is 6.23. The fourth-order valence-electron chi connectivity index (χ4n) is 2.14. The Morgan fingerprint density at radius 3 is 2.60 bits per heavy atom. The molecule has 0 aliphatic carbocycles. The van der Waals surface area contributed by atoms with E-state index in [1.54, 1.807) is 18.2 Å². The summed E-state index contributed by atoms with van der Waals surface area (Å²) in [4.78, 5) is 23.7. The van der Waals surface area contributed by atoms with E-state index in [4.69, 9.17) is 9.47 Å². The van der Waals surface area contributed by atoms with Gasteiger partial charge in [0.25, 0.3) is 5.91 Å². The Bertz CT molecular complexity index is 795. The number of hydrogen-bond acceptors (Lipinski definition) is 4. The average Bonchev–Trinajstić information content (AvgIpc) is 2.56. The van der Waals surface area contributed by atoms with Crippen molar-refractivity contribution in [3.63, 3.8) is 0 Å². The summed E-state index contributed by atoms with van der Waals surface area (Å²) in [5.41, 5.74) is 1.96.